The number of benzene rings is 1. The third-order valence-corrected chi connectivity index (χ3v) is 4.52. The minimum absolute atomic E-state index is 0.196. The molecule has 0 fully saturated rings. The van der Waals surface area contributed by atoms with Crippen molar-refractivity contribution in [2.45, 2.75) is 15.3 Å². The van der Waals surface area contributed by atoms with Gasteiger partial charge >= 0.3 is 6.03 Å². The van der Waals surface area contributed by atoms with Gasteiger partial charge in [-0.2, -0.15) is 5.06 Å². The summed E-state index contributed by atoms with van der Waals surface area (Å²) in [6.07, 6.45) is -1.34. The molecule has 124 valence electrons. The van der Waals surface area contributed by atoms with Crippen LogP contribution in [0.2, 0.25) is 10.0 Å². The maximum Gasteiger partial charge on any atom is 0.350 e. The van der Waals surface area contributed by atoms with E-state index < -0.39 is 14.4 Å². The molecule has 1 unspecified atom stereocenters. The molecule has 0 radical (unpaired) electrons. The van der Waals surface area contributed by atoms with Crippen molar-refractivity contribution >= 4 is 82.7 Å². The van der Waals surface area contributed by atoms with Gasteiger partial charge < -0.3 is 5.11 Å². The number of carbonyl (C=O) groups excluding carboxylic acids is 1. The quantitative estimate of drug-likeness (QED) is 0.332. The van der Waals surface area contributed by atoms with Crippen LogP contribution >= 0.6 is 71.0 Å². The number of halogens is 5. The molecule has 0 heterocycles. The van der Waals surface area contributed by atoms with Crippen LogP contribution in [0.1, 0.15) is 6.92 Å². The van der Waals surface area contributed by atoms with Crippen LogP contribution in [0.3, 0.4) is 0 Å². The molecular weight excluding hydrogens is 531 g/mol. The highest BCUT2D eigenvalue weighted by atomic mass is 80.0. The highest BCUT2D eigenvalue weighted by Gasteiger charge is 2.39. The molecule has 2 amide bonds. The molecule has 1 aromatic rings. The Hall–Kier alpha value is 0.430. The van der Waals surface area contributed by atoms with E-state index in [2.05, 4.69) is 47.8 Å². The smallest absolute Gasteiger partial charge is 0.350 e. The minimum Gasteiger partial charge on any atom is -0.369 e. The summed E-state index contributed by atoms with van der Waals surface area (Å²) in [6, 6.07) is 4.16. The van der Waals surface area contributed by atoms with E-state index in [9.17, 15) is 9.90 Å². The third kappa shape index (κ3) is 5.22. The van der Waals surface area contributed by atoms with Crippen molar-refractivity contribution in [1.82, 2.24) is 5.06 Å². The summed E-state index contributed by atoms with van der Waals surface area (Å²) in [5.74, 6) is 0. The van der Waals surface area contributed by atoms with Gasteiger partial charge in [0.05, 0.1) is 16.7 Å². The number of hydrogen-bond acceptors (Lipinski definition) is 3. The van der Waals surface area contributed by atoms with Crippen LogP contribution in [0.5, 0.6) is 0 Å². The zero-order chi connectivity index (χ0) is 17.1. The van der Waals surface area contributed by atoms with Crippen molar-refractivity contribution in [2.24, 2.45) is 0 Å². The molecule has 0 aliphatic carbocycles. The number of amides is 2. The number of aliphatic hydroxyl groups is 1. The predicted octanol–water partition coefficient (Wildman–Crippen LogP) is 4.96. The molecular formula is C12H13Br3Cl2N2O3. The lowest BCUT2D eigenvalue weighted by Crippen LogP contribution is -2.51. The lowest BCUT2D eigenvalue weighted by molar-refractivity contribution is -0.189. The average molecular weight is 544 g/mol. The largest absolute Gasteiger partial charge is 0.369 e. The number of hydrogen-bond donors (Lipinski definition) is 1. The first-order chi connectivity index (χ1) is 10.1. The Labute approximate surface area is 163 Å². The zero-order valence-electron chi connectivity index (χ0n) is 11.6. The monoisotopic (exact) mass is 540 g/mol. The van der Waals surface area contributed by atoms with Gasteiger partial charge in [-0.15, -0.1) is 0 Å². The number of urea groups is 1. The maximum atomic E-state index is 12.5. The van der Waals surface area contributed by atoms with Gasteiger partial charge in [0.1, 0.15) is 0 Å². The van der Waals surface area contributed by atoms with E-state index in [4.69, 9.17) is 28.0 Å². The van der Waals surface area contributed by atoms with E-state index in [1.807, 2.05) is 0 Å². The van der Waals surface area contributed by atoms with Crippen LogP contribution in [0.25, 0.3) is 0 Å². The zero-order valence-corrected chi connectivity index (χ0v) is 17.8. The van der Waals surface area contributed by atoms with Crippen LogP contribution in [-0.2, 0) is 4.84 Å². The molecule has 1 rings (SSSR count). The number of nitrogens with zero attached hydrogens (tertiary/aromatic N) is 2. The first kappa shape index (κ1) is 20.5. The molecule has 10 heteroatoms. The SMILES string of the molecule is CCON(C(=O)N(C)c1ccc(Cl)c(Cl)c1)C(O)C(Br)(Br)Br. The van der Waals surface area contributed by atoms with Gasteiger partial charge in [0.2, 0.25) is 0 Å². The Bertz CT molecular complexity index is 543. The summed E-state index contributed by atoms with van der Waals surface area (Å²) in [5.41, 5.74) is 0.501. The first-order valence-corrected chi connectivity index (χ1v) is 9.12. The van der Waals surface area contributed by atoms with Gasteiger partial charge in [-0.25, -0.2) is 4.79 Å². The summed E-state index contributed by atoms with van der Waals surface area (Å²) in [5, 5.41) is 11.7. The van der Waals surface area contributed by atoms with E-state index in [0.717, 1.165) is 5.06 Å². The van der Waals surface area contributed by atoms with Gasteiger partial charge in [0.15, 0.2) is 8.37 Å². The molecule has 5 nitrogen and oxygen atoms in total. The number of rotatable bonds is 4. The van der Waals surface area contributed by atoms with Gasteiger partial charge in [0, 0.05) is 12.7 Å². The molecule has 0 aliphatic heterocycles. The molecule has 1 aromatic carbocycles. The fourth-order valence-corrected chi connectivity index (χ4v) is 2.30. The molecule has 0 bridgehead atoms. The van der Waals surface area contributed by atoms with Crippen molar-refractivity contribution in [2.75, 3.05) is 18.6 Å². The van der Waals surface area contributed by atoms with Crippen molar-refractivity contribution in [3.05, 3.63) is 28.2 Å². The van der Waals surface area contributed by atoms with Crippen LogP contribution in [-0.4, -0.2) is 38.2 Å². The molecule has 0 saturated carbocycles. The second-order valence-electron chi connectivity index (χ2n) is 4.10. The van der Waals surface area contributed by atoms with Gasteiger partial charge in [-0.3, -0.25) is 9.74 Å². The summed E-state index contributed by atoms with van der Waals surface area (Å²) in [4.78, 5) is 19.1. The number of carbonyl (C=O) groups is 1. The number of anilines is 1. The molecule has 0 saturated heterocycles. The molecule has 1 N–H and O–H groups in total. The van der Waals surface area contributed by atoms with Crippen LogP contribution in [0, 0.1) is 0 Å². The Balaban J connectivity index is 3.05. The maximum absolute atomic E-state index is 12.5. The molecule has 1 atom stereocenters. The lowest BCUT2D eigenvalue weighted by Gasteiger charge is -2.34. The highest BCUT2D eigenvalue weighted by molar-refractivity contribution is 9.39. The van der Waals surface area contributed by atoms with Gasteiger partial charge in [-0.1, -0.05) is 71.0 Å². The van der Waals surface area contributed by atoms with Gasteiger partial charge in [-0.05, 0) is 25.1 Å². The van der Waals surface area contributed by atoms with Crippen molar-refractivity contribution in [3.8, 4) is 0 Å². The van der Waals surface area contributed by atoms with Crippen molar-refractivity contribution in [3.63, 3.8) is 0 Å². The Morgan fingerprint density at radius 3 is 2.41 bits per heavy atom. The Morgan fingerprint density at radius 2 is 1.95 bits per heavy atom. The van der Waals surface area contributed by atoms with E-state index >= 15 is 0 Å². The van der Waals surface area contributed by atoms with Crippen LogP contribution in [0.4, 0.5) is 10.5 Å². The molecule has 22 heavy (non-hydrogen) atoms. The average Bonchev–Trinajstić information content (AvgIpc) is 2.44. The number of alkyl halides is 3. The van der Waals surface area contributed by atoms with E-state index in [0.29, 0.717) is 15.7 Å². The lowest BCUT2D eigenvalue weighted by atomic mass is 10.3. The Morgan fingerprint density at radius 1 is 1.36 bits per heavy atom. The summed E-state index contributed by atoms with van der Waals surface area (Å²) < 4.78 is -1.11. The number of aliphatic hydroxyl groups excluding tert-OH is 1. The first-order valence-electron chi connectivity index (χ1n) is 5.99. The predicted molar refractivity (Wildman–Crippen MR) is 99.2 cm³/mol. The van der Waals surface area contributed by atoms with E-state index in [-0.39, 0.29) is 6.61 Å². The summed E-state index contributed by atoms with van der Waals surface area (Å²) in [7, 11) is 1.53. The fourth-order valence-electron chi connectivity index (χ4n) is 1.45. The summed E-state index contributed by atoms with van der Waals surface area (Å²) in [6.45, 7) is 1.89. The second kappa shape index (κ2) is 8.50. The van der Waals surface area contributed by atoms with Crippen LogP contribution in [0.15, 0.2) is 18.2 Å². The minimum atomic E-state index is -1.34. The number of hydroxylamine groups is 2. The molecule has 0 aliphatic rings. The van der Waals surface area contributed by atoms with E-state index in [1.54, 1.807) is 25.1 Å². The normalized spacial score (nSPS) is 12.9. The highest BCUT2D eigenvalue weighted by Crippen LogP contribution is 2.39. The second-order valence-corrected chi connectivity index (χ2v) is 11.9. The van der Waals surface area contributed by atoms with Crippen molar-refractivity contribution in [1.29, 1.82) is 0 Å². The molecule has 0 spiro atoms. The van der Waals surface area contributed by atoms with Crippen LogP contribution < -0.4 is 4.90 Å². The third-order valence-electron chi connectivity index (χ3n) is 2.55. The summed E-state index contributed by atoms with van der Waals surface area (Å²) >= 11 is 21.3. The van der Waals surface area contributed by atoms with E-state index in [1.165, 1.54) is 11.9 Å². The van der Waals surface area contributed by atoms with Crippen molar-refractivity contribution < 1.29 is 14.7 Å². The standard InChI is InChI=1S/C12H13Br3Cl2N2O3/c1-3-22-19(10(20)12(13,14)15)11(21)18(2)7-4-5-8(16)9(17)6-7/h4-6,10,20H,3H2,1-2H3. The van der Waals surface area contributed by atoms with Gasteiger partial charge in [0.25, 0.3) is 0 Å². The topological polar surface area (TPSA) is 53.0 Å². The molecule has 0 aromatic heterocycles. The Kier molecular flexibility index (Phi) is 7.92. The fraction of sp³-hybridized carbons (Fsp3) is 0.417.